The number of halogens is 1. The fourth-order valence-corrected chi connectivity index (χ4v) is 3.06. The highest BCUT2D eigenvalue weighted by molar-refractivity contribution is 7.89. The largest absolute Gasteiger partial charge is 0.314 e. The fourth-order valence-electron chi connectivity index (χ4n) is 2.01. The van der Waals surface area contributed by atoms with Crippen LogP contribution in [0.25, 0.3) is 0 Å². The zero-order valence-electron chi connectivity index (χ0n) is 9.89. The lowest BCUT2D eigenvalue weighted by Gasteiger charge is -2.11. The van der Waals surface area contributed by atoms with E-state index in [1.54, 1.807) is 0 Å². The summed E-state index contributed by atoms with van der Waals surface area (Å²) in [6.45, 7) is 1.27. The predicted molar refractivity (Wildman–Crippen MR) is 65.0 cm³/mol. The lowest BCUT2D eigenvalue weighted by atomic mass is 10.2. The number of rotatable bonds is 5. The summed E-state index contributed by atoms with van der Waals surface area (Å²) >= 11 is 0. The van der Waals surface area contributed by atoms with Crippen molar-refractivity contribution >= 4 is 10.0 Å². The van der Waals surface area contributed by atoms with E-state index in [1.165, 1.54) is 12.3 Å². The number of pyridine rings is 1. The molecule has 1 aliphatic rings. The molecule has 0 aromatic carbocycles. The minimum Gasteiger partial charge on any atom is -0.314 e. The van der Waals surface area contributed by atoms with Gasteiger partial charge in [0, 0.05) is 18.8 Å². The molecule has 7 heteroatoms. The summed E-state index contributed by atoms with van der Waals surface area (Å²) in [5.41, 5.74) is 0. The predicted octanol–water partition coefficient (Wildman–Crippen LogP) is 0.641. The molecule has 0 aliphatic carbocycles. The highest BCUT2D eigenvalue weighted by atomic mass is 32.2. The Balaban J connectivity index is 1.93. The quantitative estimate of drug-likeness (QED) is 0.826. The van der Waals surface area contributed by atoms with Gasteiger partial charge in [-0.2, -0.15) is 0 Å². The molecule has 1 aromatic rings. The second-order valence-corrected chi connectivity index (χ2v) is 5.95. The van der Waals surface area contributed by atoms with Crippen molar-refractivity contribution in [2.75, 3.05) is 13.1 Å². The molecule has 0 radical (unpaired) electrons. The van der Waals surface area contributed by atoms with Crippen molar-refractivity contribution in [3.63, 3.8) is 0 Å². The standard InChI is InChI=1S/C11H16FN3O2S/c12-10-4-2-7-14-11(10)18(16,17)15-8-5-9-3-1-6-13-9/h2,4,7,9,13,15H,1,3,5-6,8H2. The molecule has 1 unspecified atom stereocenters. The van der Waals surface area contributed by atoms with Gasteiger partial charge in [-0.25, -0.2) is 22.5 Å². The zero-order chi connectivity index (χ0) is 13.0. The lowest BCUT2D eigenvalue weighted by molar-refractivity contribution is 0.526. The molecule has 1 atom stereocenters. The van der Waals surface area contributed by atoms with Crippen molar-refractivity contribution in [1.29, 1.82) is 0 Å². The summed E-state index contributed by atoms with van der Waals surface area (Å²) in [5, 5.41) is 2.73. The maximum Gasteiger partial charge on any atom is 0.261 e. The van der Waals surface area contributed by atoms with E-state index in [4.69, 9.17) is 0 Å². The van der Waals surface area contributed by atoms with E-state index in [2.05, 4.69) is 15.0 Å². The van der Waals surface area contributed by atoms with E-state index < -0.39 is 20.9 Å². The van der Waals surface area contributed by atoms with Gasteiger partial charge < -0.3 is 5.32 Å². The molecule has 18 heavy (non-hydrogen) atoms. The van der Waals surface area contributed by atoms with Crippen LogP contribution in [0, 0.1) is 5.82 Å². The minimum absolute atomic E-state index is 0.288. The van der Waals surface area contributed by atoms with Crippen LogP contribution in [0.3, 0.4) is 0 Å². The maximum atomic E-state index is 13.3. The maximum absolute atomic E-state index is 13.3. The van der Waals surface area contributed by atoms with E-state index in [0.717, 1.165) is 25.5 Å². The Morgan fingerprint density at radius 3 is 3.06 bits per heavy atom. The van der Waals surface area contributed by atoms with Crippen LogP contribution in [0.4, 0.5) is 4.39 Å². The Morgan fingerprint density at radius 1 is 1.56 bits per heavy atom. The SMILES string of the molecule is O=S(=O)(NCCC1CCCN1)c1ncccc1F. The van der Waals surface area contributed by atoms with Crippen molar-refractivity contribution in [2.24, 2.45) is 0 Å². The second kappa shape index (κ2) is 5.73. The Labute approximate surface area is 106 Å². The summed E-state index contributed by atoms with van der Waals surface area (Å²) in [6, 6.07) is 2.79. The molecule has 0 spiro atoms. The molecule has 1 aromatic heterocycles. The Hall–Kier alpha value is -1.05. The van der Waals surface area contributed by atoms with Crippen LogP contribution in [0.1, 0.15) is 19.3 Å². The van der Waals surface area contributed by atoms with Crippen LogP contribution in [-0.4, -0.2) is 32.5 Å². The van der Waals surface area contributed by atoms with Crippen molar-refractivity contribution in [2.45, 2.75) is 30.3 Å². The van der Waals surface area contributed by atoms with Crippen molar-refractivity contribution in [3.8, 4) is 0 Å². The molecular formula is C11H16FN3O2S. The molecule has 2 rings (SSSR count). The van der Waals surface area contributed by atoms with Gasteiger partial charge in [-0.1, -0.05) is 0 Å². The number of sulfonamides is 1. The van der Waals surface area contributed by atoms with E-state index in [0.29, 0.717) is 12.5 Å². The van der Waals surface area contributed by atoms with Crippen LogP contribution in [-0.2, 0) is 10.0 Å². The van der Waals surface area contributed by atoms with E-state index in [-0.39, 0.29) is 6.54 Å². The molecule has 100 valence electrons. The van der Waals surface area contributed by atoms with Gasteiger partial charge in [0.25, 0.3) is 10.0 Å². The van der Waals surface area contributed by atoms with E-state index in [1.807, 2.05) is 0 Å². The lowest BCUT2D eigenvalue weighted by Crippen LogP contribution is -2.31. The van der Waals surface area contributed by atoms with Gasteiger partial charge in [-0.05, 0) is 37.9 Å². The van der Waals surface area contributed by atoms with E-state index in [9.17, 15) is 12.8 Å². The second-order valence-electron chi connectivity index (χ2n) is 4.27. The van der Waals surface area contributed by atoms with Crippen LogP contribution in [0.2, 0.25) is 0 Å². The van der Waals surface area contributed by atoms with Gasteiger partial charge >= 0.3 is 0 Å². The first-order valence-electron chi connectivity index (χ1n) is 5.93. The molecular weight excluding hydrogens is 257 g/mol. The minimum atomic E-state index is -3.85. The molecule has 2 heterocycles. The van der Waals surface area contributed by atoms with Gasteiger partial charge in [0.2, 0.25) is 5.03 Å². The van der Waals surface area contributed by atoms with Crippen molar-refractivity contribution in [1.82, 2.24) is 15.0 Å². The number of hydrogen-bond donors (Lipinski definition) is 2. The highest BCUT2D eigenvalue weighted by Gasteiger charge is 2.21. The van der Waals surface area contributed by atoms with Gasteiger partial charge in [0.15, 0.2) is 5.82 Å². The number of aromatic nitrogens is 1. The van der Waals surface area contributed by atoms with Gasteiger partial charge in [0.1, 0.15) is 0 Å². The van der Waals surface area contributed by atoms with Crippen LogP contribution in [0.5, 0.6) is 0 Å². The fraction of sp³-hybridized carbons (Fsp3) is 0.545. The Bertz CT molecular complexity index is 501. The normalized spacial score (nSPS) is 20.2. The molecule has 0 bridgehead atoms. The number of nitrogens with zero attached hydrogens (tertiary/aromatic N) is 1. The first-order valence-corrected chi connectivity index (χ1v) is 7.41. The van der Waals surface area contributed by atoms with Crippen LogP contribution in [0.15, 0.2) is 23.4 Å². The Kier molecular flexibility index (Phi) is 4.26. The molecule has 0 saturated carbocycles. The van der Waals surface area contributed by atoms with Gasteiger partial charge in [-0.3, -0.25) is 0 Å². The van der Waals surface area contributed by atoms with Crippen LogP contribution < -0.4 is 10.0 Å². The number of hydrogen-bond acceptors (Lipinski definition) is 4. The molecule has 2 N–H and O–H groups in total. The monoisotopic (exact) mass is 273 g/mol. The first-order chi connectivity index (χ1) is 8.59. The number of nitrogens with one attached hydrogen (secondary N) is 2. The Morgan fingerprint density at radius 2 is 2.39 bits per heavy atom. The molecule has 5 nitrogen and oxygen atoms in total. The average Bonchev–Trinajstić information content (AvgIpc) is 2.82. The third-order valence-electron chi connectivity index (χ3n) is 2.93. The summed E-state index contributed by atoms with van der Waals surface area (Å²) in [5.74, 6) is -0.830. The van der Waals surface area contributed by atoms with Gasteiger partial charge in [0.05, 0.1) is 0 Å². The first kappa shape index (κ1) is 13.4. The topological polar surface area (TPSA) is 71.1 Å². The average molecular weight is 273 g/mol. The highest BCUT2D eigenvalue weighted by Crippen LogP contribution is 2.11. The zero-order valence-corrected chi connectivity index (χ0v) is 10.7. The summed E-state index contributed by atoms with van der Waals surface area (Å²) in [6.07, 6.45) is 4.13. The van der Waals surface area contributed by atoms with E-state index >= 15 is 0 Å². The molecule has 1 fully saturated rings. The molecule has 1 saturated heterocycles. The summed E-state index contributed by atoms with van der Waals surface area (Å²) < 4.78 is 39.3. The van der Waals surface area contributed by atoms with Crippen LogP contribution >= 0.6 is 0 Å². The summed E-state index contributed by atoms with van der Waals surface area (Å²) in [7, 11) is -3.85. The third kappa shape index (κ3) is 3.24. The van der Waals surface area contributed by atoms with Crippen molar-refractivity contribution in [3.05, 3.63) is 24.1 Å². The third-order valence-corrected chi connectivity index (χ3v) is 4.32. The van der Waals surface area contributed by atoms with Crippen molar-refractivity contribution < 1.29 is 12.8 Å². The molecule has 1 aliphatic heterocycles. The summed E-state index contributed by atoms with van der Waals surface area (Å²) in [4.78, 5) is 3.56. The molecule has 0 amide bonds. The van der Waals surface area contributed by atoms with Gasteiger partial charge in [-0.15, -0.1) is 0 Å². The smallest absolute Gasteiger partial charge is 0.261 e.